The first-order valence-electron chi connectivity index (χ1n) is 7.14. The number of nitrogens with zero attached hydrogens (tertiary/aromatic N) is 2. The molecule has 1 aromatic heterocycles. The number of thioether (sulfide) groups is 1. The van der Waals surface area contributed by atoms with E-state index in [1.54, 1.807) is 13.1 Å². The van der Waals surface area contributed by atoms with Gasteiger partial charge in [-0.25, -0.2) is 4.98 Å². The molecular weight excluding hydrogens is 298 g/mol. The number of hydrogen-bond acceptors (Lipinski definition) is 4. The lowest BCUT2D eigenvalue weighted by atomic mass is 10.1. The van der Waals surface area contributed by atoms with E-state index in [4.69, 9.17) is 5.11 Å². The molecule has 2 rings (SSSR count). The van der Waals surface area contributed by atoms with Crippen molar-refractivity contribution in [2.75, 3.05) is 12.4 Å². The first-order valence-corrected chi connectivity index (χ1v) is 8.13. The molecule has 0 saturated carbocycles. The van der Waals surface area contributed by atoms with Crippen LogP contribution in [0.2, 0.25) is 0 Å². The summed E-state index contributed by atoms with van der Waals surface area (Å²) in [5.74, 6) is 0.160. The number of nitrogens with one attached hydrogen (secondary N) is 1. The first-order chi connectivity index (χ1) is 10.5. The molecule has 1 aromatic carbocycles. The summed E-state index contributed by atoms with van der Waals surface area (Å²) in [4.78, 5) is 16.1. The van der Waals surface area contributed by atoms with Crippen molar-refractivity contribution in [3.8, 4) is 5.69 Å². The largest absolute Gasteiger partial charge is 0.394 e. The molecule has 0 fully saturated rings. The molecule has 0 radical (unpaired) electrons. The Morgan fingerprint density at radius 3 is 2.68 bits per heavy atom. The molecular formula is C16H21N3O2S. The van der Waals surface area contributed by atoms with Crippen molar-refractivity contribution in [1.29, 1.82) is 0 Å². The van der Waals surface area contributed by atoms with Crippen LogP contribution in [-0.4, -0.2) is 39.0 Å². The van der Waals surface area contributed by atoms with E-state index in [-0.39, 0.29) is 24.3 Å². The number of carbonyl (C=O) groups excluding carboxylic acids is 1. The molecule has 1 atom stereocenters. The van der Waals surface area contributed by atoms with Crippen LogP contribution in [0.25, 0.3) is 5.69 Å². The Morgan fingerprint density at radius 1 is 1.36 bits per heavy atom. The number of aliphatic hydroxyl groups is 1. The van der Waals surface area contributed by atoms with Crippen molar-refractivity contribution in [1.82, 2.24) is 14.9 Å². The minimum Gasteiger partial charge on any atom is -0.394 e. The second kappa shape index (κ2) is 7.47. The number of rotatable bonds is 6. The highest BCUT2D eigenvalue weighted by Gasteiger charge is 2.11. The number of aromatic nitrogens is 2. The molecule has 0 aliphatic heterocycles. The summed E-state index contributed by atoms with van der Waals surface area (Å²) in [6.45, 7) is 5.82. The van der Waals surface area contributed by atoms with Gasteiger partial charge in [0.1, 0.15) is 0 Å². The van der Waals surface area contributed by atoms with Gasteiger partial charge < -0.3 is 10.4 Å². The topological polar surface area (TPSA) is 67.2 Å². The quantitative estimate of drug-likeness (QED) is 0.800. The molecule has 2 aromatic rings. The van der Waals surface area contributed by atoms with Crippen LogP contribution in [-0.2, 0) is 4.79 Å². The maximum atomic E-state index is 11.8. The van der Waals surface area contributed by atoms with Crippen LogP contribution < -0.4 is 5.32 Å². The molecule has 0 aliphatic carbocycles. The molecule has 1 amide bonds. The second-order valence-corrected chi connectivity index (χ2v) is 6.31. The van der Waals surface area contributed by atoms with Gasteiger partial charge in [-0.15, -0.1) is 0 Å². The van der Waals surface area contributed by atoms with Gasteiger partial charge in [0, 0.05) is 24.1 Å². The van der Waals surface area contributed by atoms with Crippen molar-refractivity contribution in [2.24, 2.45) is 0 Å². The number of hydrogen-bond donors (Lipinski definition) is 2. The summed E-state index contributed by atoms with van der Waals surface area (Å²) in [5, 5.41) is 12.4. The second-order valence-electron chi connectivity index (χ2n) is 5.37. The maximum absolute atomic E-state index is 11.8. The third kappa shape index (κ3) is 4.35. The average Bonchev–Trinajstić information content (AvgIpc) is 2.92. The molecule has 22 heavy (non-hydrogen) atoms. The van der Waals surface area contributed by atoms with Crippen LogP contribution in [0.15, 0.2) is 35.7 Å². The lowest BCUT2D eigenvalue weighted by Crippen LogP contribution is -2.36. The van der Waals surface area contributed by atoms with Gasteiger partial charge in [0.2, 0.25) is 5.91 Å². The molecule has 0 saturated heterocycles. The summed E-state index contributed by atoms with van der Waals surface area (Å²) < 4.78 is 1.98. The summed E-state index contributed by atoms with van der Waals surface area (Å²) >= 11 is 1.38. The molecule has 6 heteroatoms. The van der Waals surface area contributed by atoms with Gasteiger partial charge in [-0.05, 0) is 44.0 Å². The Labute approximate surface area is 134 Å². The Morgan fingerprint density at radius 2 is 2.05 bits per heavy atom. The molecule has 0 aliphatic rings. The SMILES string of the molecule is Cc1cc(C)cc(-n2ccnc2SCC(=O)NC(C)CO)c1. The fraction of sp³-hybridized carbons (Fsp3) is 0.375. The molecule has 2 N–H and O–H groups in total. The van der Waals surface area contributed by atoms with E-state index < -0.39 is 0 Å². The van der Waals surface area contributed by atoms with Crippen LogP contribution >= 0.6 is 11.8 Å². The van der Waals surface area contributed by atoms with Gasteiger partial charge in [0.25, 0.3) is 0 Å². The number of carbonyl (C=O) groups is 1. The standard InChI is InChI=1S/C16H21N3O2S/c1-11-6-12(2)8-14(7-11)19-5-4-17-16(19)22-10-15(21)18-13(3)9-20/h4-8,13,20H,9-10H2,1-3H3,(H,18,21). The lowest BCUT2D eigenvalue weighted by molar-refractivity contribution is -0.119. The Kier molecular flexibility index (Phi) is 5.63. The number of aryl methyl sites for hydroxylation is 2. The predicted octanol–water partition coefficient (Wildman–Crippen LogP) is 2.08. The number of imidazole rings is 1. The van der Waals surface area contributed by atoms with Crippen LogP contribution in [0, 0.1) is 13.8 Å². The maximum Gasteiger partial charge on any atom is 0.230 e. The average molecular weight is 319 g/mol. The van der Waals surface area contributed by atoms with E-state index in [2.05, 4.69) is 42.3 Å². The number of aliphatic hydroxyl groups excluding tert-OH is 1. The monoisotopic (exact) mass is 319 g/mol. The summed E-state index contributed by atoms with van der Waals surface area (Å²) in [6.07, 6.45) is 3.62. The number of benzene rings is 1. The van der Waals surface area contributed by atoms with Gasteiger partial charge >= 0.3 is 0 Å². The van der Waals surface area contributed by atoms with Gasteiger partial charge in [0.15, 0.2) is 5.16 Å². The minimum absolute atomic E-state index is 0.0619. The molecule has 1 unspecified atom stereocenters. The van der Waals surface area contributed by atoms with E-state index in [1.807, 2.05) is 10.8 Å². The first kappa shape index (κ1) is 16.6. The Hall–Kier alpha value is -1.79. The van der Waals surface area contributed by atoms with Gasteiger partial charge in [0.05, 0.1) is 12.4 Å². The van der Waals surface area contributed by atoms with E-state index in [1.165, 1.54) is 22.9 Å². The van der Waals surface area contributed by atoms with E-state index in [0.717, 1.165) is 10.8 Å². The smallest absolute Gasteiger partial charge is 0.230 e. The van der Waals surface area contributed by atoms with E-state index in [0.29, 0.717) is 0 Å². The van der Waals surface area contributed by atoms with Crippen molar-refractivity contribution in [3.05, 3.63) is 41.7 Å². The highest BCUT2D eigenvalue weighted by molar-refractivity contribution is 7.99. The Balaban J connectivity index is 2.08. The third-order valence-electron chi connectivity index (χ3n) is 3.11. The molecule has 1 heterocycles. The fourth-order valence-electron chi connectivity index (χ4n) is 2.18. The van der Waals surface area contributed by atoms with Crippen LogP contribution in [0.5, 0.6) is 0 Å². The zero-order valence-electron chi connectivity index (χ0n) is 13.0. The van der Waals surface area contributed by atoms with Gasteiger partial charge in [-0.1, -0.05) is 17.8 Å². The van der Waals surface area contributed by atoms with Crippen molar-refractivity contribution in [3.63, 3.8) is 0 Å². The van der Waals surface area contributed by atoms with Crippen molar-refractivity contribution < 1.29 is 9.90 Å². The molecule has 0 bridgehead atoms. The third-order valence-corrected chi connectivity index (χ3v) is 4.07. The highest BCUT2D eigenvalue weighted by atomic mass is 32.2. The van der Waals surface area contributed by atoms with Crippen LogP contribution in [0.3, 0.4) is 0 Å². The molecule has 0 spiro atoms. The van der Waals surface area contributed by atoms with Crippen molar-refractivity contribution >= 4 is 17.7 Å². The van der Waals surface area contributed by atoms with Gasteiger partial charge in [-0.2, -0.15) is 0 Å². The van der Waals surface area contributed by atoms with Crippen LogP contribution in [0.1, 0.15) is 18.1 Å². The van der Waals surface area contributed by atoms with E-state index >= 15 is 0 Å². The fourth-order valence-corrected chi connectivity index (χ4v) is 2.96. The molecule has 118 valence electrons. The molecule has 5 nitrogen and oxygen atoms in total. The number of amides is 1. The predicted molar refractivity (Wildman–Crippen MR) is 88.5 cm³/mol. The summed E-state index contributed by atoms with van der Waals surface area (Å²) in [5.41, 5.74) is 3.42. The summed E-state index contributed by atoms with van der Waals surface area (Å²) in [6, 6.07) is 6.07. The highest BCUT2D eigenvalue weighted by Crippen LogP contribution is 2.22. The van der Waals surface area contributed by atoms with Crippen LogP contribution in [0.4, 0.5) is 0 Å². The van der Waals surface area contributed by atoms with Crippen molar-refractivity contribution in [2.45, 2.75) is 32.0 Å². The normalized spacial score (nSPS) is 12.2. The zero-order chi connectivity index (χ0) is 16.1. The van der Waals surface area contributed by atoms with E-state index in [9.17, 15) is 4.79 Å². The Bertz CT molecular complexity index is 634. The summed E-state index contributed by atoms with van der Waals surface area (Å²) in [7, 11) is 0. The lowest BCUT2D eigenvalue weighted by Gasteiger charge is -2.11. The zero-order valence-corrected chi connectivity index (χ0v) is 13.9. The van der Waals surface area contributed by atoms with Gasteiger partial charge in [-0.3, -0.25) is 9.36 Å². The minimum atomic E-state index is -0.229.